The Hall–Kier alpha value is -6.28. The topological polar surface area (TPSA) is 0 Å². The smallest absolute Gasteiger partial charge is 0.0631 e. The summed E-state index contributed by atoms with van der Waals surface area (Å²) in [6, 6.07) is 71.7. The lowest BCUT2D eigenvalue weighted by Crippen LogP contribution is -2.26. The first-order chi connectivity index (χ1) is 25.3. The maximum absolute atomic E-state index is 2.46. The Kier molecular flexibility index (Phi) is 7.11. The highest BCUT2D eigenvalue weighted by Gasteiger charge is 2.19. The van der Waals surface area contributed by atoms with E-state index in [1.165, 1.54) is 97.6 Å². The standard InChI is InChI=1S/C50H32Si/c1-2-16-37(17-3-1)51-38-29-30-46-48(32-38)50(43-24-12-15-33-13-4-6-18-39(33)43)45-23-11-10-22-44(45)49(46)35-27-25-34(26-28-35)47-31-36-14-5-7-19-40(36)41-20-8-9-21-42(41)47/h1-32H. The maximum Gasteiger partial charge on any atom is 0.121 e. The van der Waals surface area contributed by atoms with Crippen molar-refractivity contribution in [3.8, 4) is 33.4 Å². The maximum atomic E-state index is 2.46. The van der Waals surface area contributed by atoms with Crippen LogP contribution in [0.25, 0.3) is 87.2 Å². The summed E-state index contributed by atoms with van der Waals surface area (Å²) in [7, 11) is 0.582. The molecule has 0 aliphatic rings. The van der Waals surface area contributed by atoms with Crippen molar-refractivity contribution in [2.45, 2.75) is 0 Å². The van der Waals surface area contributed by atoms with Gasteiger partial charge in [0.1, 0.15) is 9.52 Å². The number of benzene rings is 10. The first kappa shape index (κ1) is 29.6. The third-order valence-corrected chi connectivity index (χ3v) is 11.6. The van der Waals surface area contributed by atoms with Crippen LogP contribution in [0.4, 0.5) is 0 Å². The largest absolute Gasteiger partial charge is 0.121 e. The molecule has 0 bridgehead atoms. The first-order valence-electron chi connectivity index (χ1n) is 17.6. The molecule has 0 amide bonds. The second-order valence-corrected chi connectivity index (χ2v) is 14.7. The summed E-state index contributed by atoms with van der Waals surface area (Å²) in [4.78, 5) is 0. The summed E-state index contributed by atoms with van der Waals surface area (Å²) in [6.45, 7) is 0. The fraction of sp³-hybridized carbons (Fsp3) is 0. The minimum absolute atomic E-state index is 0.582. The molecule has 10 aromatic carbocycles. The lowest BCUT2D eigenvalue weighted by Gasteiger charge is -2.20. The molecule has 0 aliphatic carbocycles. The normalized spacial score (nSPS) is 11.6. The Morgan fingerprint density at radius 3 is 1.61 bits per heavy atom. The SMILES string of the molecule is c1ccc([Si]c2ccc3c(-c4ccc(-c5cc6ccccc6c6ccccc56)cc4)c4ccccc4c(-c4cccc5ccccc45)c3c2)cc1. The average Bonchev–Trinajstić information content (AvgIpc) is 3.20. The molecule has 0 N–H and O–H groups in total. The number of hydrogen-bond donors (Lipinski definition) is 0. The molecule has 2 radical (unpaired) electrons. The fourth-order valence-corrected chi connectivity index (χ4v) is 9.17. The molecular weight excluding hydrogens is 629 g/mol. The lowest BCUT2D eigenvalue weighted by atomic mass is 9.84. The zero-order chi connectivity index (χ0) is 33.7. The number of fused-ring (bicyclic) bond motifs is 6. The zero-order valence-corrected chi connectivity index (χ0v) is 29.0. The van der Waals surface area contributed by atoms with Crippen molar-refractivity contribution in [2.24, 2.45) is 0 Å². The van der Waals surface area contributed by atoms with E-state index in [1.54, 1.807) is 0 Å². The molecule has 0 aromatic heterocycles. The van der Waals surface area contributed by atoms with Crippen molar-refractivity contribution < 1.29 is 0 Å². The molecule has 236 valence electrons. The van der Waals surface area contributed by atoms with E-state index in [9.17, 15) is 0 Å². The third-order valence-electron chi connectivity index (χ3n) is 10.4. The van der Waals surface area contributed by atoms with Crippen LogP contribution < -0.4 is 10.4 Å². The lowest BCUT2D eigenvalue weighted by molar-refractivity contribution is 1.64. The highest BCUT2D eigenvalue weighted by atomic mass is 28.2. The number of rotatable bonds is 5. The fourth-order valence-electron chi connectivity index (χ4n) is 8.10. The van der Waals surface area contributed by atoms with Crippen molar-refractivity contribution in [1.29, 1.82) is 0 Å². The molecule has 0 spiro atoms. The summed E-state index contributed by atoms with van der Waals surface area (Å²) in [5, 5.41) is 15.5. The molecule has 0 unspecified atom stereocenters. The highest BCUT2D eigenvalue weighted by molar-refractivity contribution is 6.67. The van der Waals surface area contributed by atoms with Crippen LogP contribution in [0.5, 0.6) is 0 Å². The van der Waals surface area contributed by atoms with E-state index >= 15 is 0 Å². The van der Waals surface area contributed by atoms with E-state index in [2.05, 4.69) is 194 Å². The van der Waals surface area contributed by atoms with Crippen molar-refractivity contribution in [3.63, 3.8) is 0 Å². The molecule has 0 saturated heterocycles. The molecular formula is C50H32Si. The van der Waals surface area contributed by atoms with Crippen LogP contribution in [0.1, 0.15) is 0 Å². The van der Waals surface area contributed by atoms with Gasteiger partial charge in [0.2, 0.25) is 0 Å². The van der Waals surface area contributed by atoms with Crippen LogP contribution in [0.3, 0.4) is 0 Å². The Bertz CT molecular complexity index is 2920. The summed E-state index contributed by atoms with van der Waals surface area (Å²) >= 11 is 0. The van der Waals surface area contributed by atoms with Crippen LogP contribution >= 0.6 is 0 Å². The van der Waals surface area contributed by atoms with E-state index < -0.39 is 0 Å². The van der Waals surface area contributed by atoms with Gasteiger partial charge in [-0.2, -0.15) is 0 Å². The highest BCUT2D eigenvalue weighted by Crippen LogP contribution is 2.45. The van der Waals surface area contributed by atoms with Gasteiger partial charge < -0.3 is 0 Å². The minimum atomic E-state index is 0.582. The molecule has 10 aromatic rings. The van der Waals surface area contributed by atoms with Gasteiger partial charge >= 0.3 is 0 Å². The molecule has 0 atom stereocenters. The van der Waals surface area contributed by atoms with Gasteiger partial charge in [0, 0.05) is 0 Å². The van der Waals surface area contributed by atoms with Crippen LogP contribution in [-0.2, 0) is 0 Å². The number of hydrogen-bond acceptors (Lipinski definition) is 0. The molecule has 0 nitrogen and oxygen atoms in total. The Balaban J connectivity index is 1.22. The Labute approximate surface area is 300 Å². The predicted octanol–water partition coefficient (Wildman–Crippen LogP) is 12.1. The van der Waals surface area contributed by atoms with Crippen molar-refractivity contribution in [2.75, 3.05) is 0 Å². The van der Waals surface area contributed by atoms with Crippen molar-refractivity contribution >= 4 is 73.8 Å². The van der Waals surface area contributed by atoms with E-state index in [0.717, 1.165) is 0 Å². The van der Waals surface area contributed by atoms with E-state index in [1.807, 2.05) is 0 Å². The Morgan fingerprint density at radius 1 is 0.255 bits per heavy atom. The molecule has 0 heterocycles. The summed E-state index contributed by atoms with van der Waals surface area (Å²) in [5.41, 5.74) is 7.60. The van der Waals surface area contributed by atoms with Gasteiger partial charge in [-0.05, 0) is 93.3 Å². The molecule has 0 fully saturated rings. The second kappa shape index (κ2) is 12.2. The quantitative estimate of drug-likeness (QED) is 0.0979. The van der Waals surface area contributed by atoms with Crippen LogP contribution in [0.2, 0.25) is 0 Å². The van der Waals surface area contributed by atoms with E-state index in [4.69, 9.17) is 0 Å². The predicted molar refractivity (Wildman–Crippen MR) is 222 cm³/mol. The van der Waals surface area contributed by atoms with Gasteiger partial charge in [-0.25, -0.2) is 0 Å². The van der Waals surface area contributed by atoms with E-state index in [-0.39, 0.29) is 0 Å². The molecule has 1 heteroatoms. The summed E-state index contributed by atoms with van der Waals surface area (Å²) in [6.07, 6.45) is 0. The molecule has 0 saturated carbocycles. The zero-order valence-electron chi connectivity index (χ0n) is 28.0. The van der Waals surface area contributed by atoms with Gasteiger partial charge in [0.15, 0.2) is 0 Å². The third kappa shape index (κ3) is 5.05. The molecule has 10 rings (SSSR count). The Morgan fingerprint density at radius 2 is 0.824 bits per heavy atom. The average molecular weight is 661 g/mol. The van der Waals surface area contributed by atoms with Crippen LogP contribution in [0, 0.1) is 0 Å². The van der Waals surface area contributed by atoms with Gasteiger partial charge in [-0.15, -0.1) is 0 Å². The van der Waals surface area contributed by atoms with Crippen molar-refractivity contribution in [3.05, 3.63) is 194 Å². The van der Waals surface area contributed by atoms with Gasteiger partial charge in [0.25, 0.3) is 0 Å². The summed E-state index contributed by atoms with van der Waals surface area (Å²) in [5.74, 6) is 0. The van der Waals surface area contributed by atoms with Gasteiger partial charge in [-0.3, -0.25) is 0 Å². The monoisotopic (exact) mass is 660 g/mol. The summed E-state index contributed by atoms with van der Waals surface area (Å²) < 4.78 is 0. The van der Waals surface area contributed by atoms with Gasteiger partial charge in [-0.1, -0.05) is 198 Å². The molecule has 51 heavy (non-hydrogen) atoms. The van der Waals surface area contributed by atoms with E-state index in [0.29, 0.717) is 9.52 Å². The second-order valence-electron chi connectivity index (χ2n) is 13.3. The van der Waals surface area contributed by atoms with Crippen LogP contribution in [-0.4, -0.2) is 9.52 Å². The first-order valence-corrected chi connectivity index (χ1v) is 18.6. The van der Waals surface area contributed by atoms with Gasteiger partial charge in [0.05, 0.1) is 0 Å². The minimum Gasteiger partial charge on any atom is -0.0631 e. The molecule has 0 aliphatic heterocycles. The van der Waals surface area contributed by atoms with Crippen molar-refractivity contribution in [1.82, 2.24) is 0 Å². The van der Waals surface area contributed by atoms with Crippen LogP contribution in [0.15, 0.2) is 194 Å².